The highest BCUT2D eigenvalue weighted by Crippen LogP contribution is 2.16. The Morgan fingerprint density at radius 3 is 0.913 bits per heavy atom. The maximum atomic E-state index is 12.9. The Morgan fingerprint density at radius 2 is 0.565 bits per heavy atom. The number of hydrogen-bond donors (Lipinski definition) is 0. The number of carbonyl (C=O) groups is 3. The van der Waals surface area contributed by atoms with Crippen molar-refractivity contribution in [3.05, 3.63) is 72.9 Å². The summed E-state index contributed by atoms with van der Waals surface area (Å²) in [5, 5.41) is 0. The monoisotopic (exact) mass is 963 g/mol. The van der Waals surface area contributed by atoms with Gasteiger partial charge in [-0.2, -0.15) is 0 Å². The zero-order valence-corrected chi connectivity index (χ0v) is 45.6. The third kappa shape index (κ3) is 55.6. The molecule has 0 bridgehead atoms. The Bertz CT molecular complexity index is 1290. The minimum atomic E-state index is -0.787. The van der Waals surface area contributed by atoms with Crippen molar-refractivity contribution >= 4 is 17.9 Å². The van der Waals surface area contributed by atoms with E-state index in [-0.39, 0.29) is 31.1 Å². The lowest BCUT2D eigenvalue weighted by Gasteiger charge is -2.18. The largest absolute Gasteiger partial charge is 0.462 e. The fourth-order valence-corrected chi connectivity index (χ4v) is 8.29. The van der Waals surface area contributed by atoms with Gasteiger partial charge in [0, 0.05) is 19.3 Å². The van der Waals surface area contributed by atoms with Gasteiger partial charge < -0.3 is 14.2 Å². The van der Waals surface area contributed by atoms with E-state index in [9.17, 15) is 14.4 Å². The average molecular weight is 964 g/mol. The summed E-state index contributed by atoms with van der Waals surface area (Å²) in [6, 6.07) is 0. The van der Waals surface area contributed by atoms with Crippen molar-refractivity contribution in [3.63, 3.8) is 0 Å². The van der Waals surface area contributed by atoms with E-state index in [1.807, 2.05) is 0 Å². The van der Waals surface area contributed by atoms with Crippen molar-refractivity contribution in [2.45, 2.75) is 297 Å². The molecule has 0 aromatic rings. The van der Waals surface area contributed by atoms with Crippen molar-refractivity contribution in [3.8, 4) is 0 Å². The number of allylic oxidation sites excluding steroid dienone is 12. The van der Waals surface area contributed by atoms with E-state index in [0.29, 0.717) is 19.3 Å². The van der Waals surface area contributed by atoms with Gasteiger partial charge in [0.2, 0.25) is 0 Å². The van der Waals surface area contributed by atoms with Gasteiger partial charge in [-0.3, -0.25) is 14.4 Å². The summed E-state index contributed by atoms with van der Waals surface area (Å²) < 4.78 is 16.9. The van der Waals surface area contributed by atoms with Crippen LogP contribution in [-0.4, -0.2) is 37.2 Å². The molecule has 0 aromatic heterocycles. The van der Waals surface area contributed by atoms with Crippen molar-refractivity contribution in [2.24, 2.45) is 0 Å². The first kappa shape index (κ1) is 65.8. The van der Waals surface area contributed by atoms with E-state index in [1.54, 1.807) is 0 Å². The molecule has 0 radical (unpaired) electrons. The van der Waals surface area contributed by atoms with Gasteiger partial charge in [-0.15, -0.1) is 0 Å². The summed E-state index contributed by atoms with van der Waals surface area (Å²) >= 11 is 0. The molecule has 0 saturated heterocycles. The van der Waals surface area contributed by atoms with Crippen LogP contribution in [-0.2, 0) is 28.6 Å². The van der Waals surface area contributed by atoms with Gasteiger partial charge in [-0.05, 0) is 89.9 Å². The molecule has 0 aromatic carbocycles. The maximum absolute atomic E-state index is 12.9. The maximum Gasteiger partial charge on any atom is 0.306 e. The number of ether oxygens (including phenoxy) is 3. The van der Waals surface area contributed by atoms with Gasteiger partial charge in [-0.1, -0.05) is 254 Å². The minimum absolute atomic E-state index is 0.0826. The highest BCUT2D eigenvalue weighted by atomic mass is 16.6. The number of unbranched alkanes of at least 4 members (excludes halogenated alkanes) is 30. The molecule has 6 heteroatoms. The predicted molar refractivity (Wildman–Crippen MR) is 298 cm³/mol. The van der Waals surface area contributed by atoms with E-state index in [4.69, 9.17) is 14.2 Å². The van der Waals surface area contributed by atoms with Crippen LogP contribution < -0.4 is 0 Å². The number of hydrogen-bond acceptors (Lipinski definition) is 6. The molecule has 69 heavy (non-hydrogen) atoms. The average Bonchev–Trinajstić information content (AvgIpc) is 3.35. The lowest BCUT2D eigenvalue weighted by atomic mass is 10.0. The molecule has 398 valence electrons. The molecule has 0 heterocycles. The number of carbonyl (C=O) groups excluding carboxylic acids is 3. The third-order valence-corrected chi connectivity index (χ3v) is 12.7. The second kappa shape index (κ2) is 57.4. The van der Waals surface area contributed by atoms with Crippen LogP contribution in [0, 0.1) is 0 Å². The standard InChI is InChI=1S/C63H110O6/c1-4-7-10-13-16-19-22-25-28-30-31-33-36-39-42-45-48-51-54-57-63(66)69-60(58-67-61(64)55-52-49-46-43-40-37-34-27-24-21-18-15-12-9-6-3)59-68-62(65)56-53-50-47-44-41-38-35-32-29-26-23-20-17-14-11-8-5-2/h8,11,16-17,19-20,25-26,28-29,35,38,60H,4-7,9-10,12-15,18,21-24,27,30-34,36-37,39-59H2,1-3H3/b11-8-,19-16-,20-17-,28-25-,29-26-,38-35-/t60-/m0/s1. The number of esters is 3. The van der Waals surface area contributed by atoms with E-state index in [2.05, 4.69) is 93.7 Å². The Balaban J connectivity index is 4.41. The van der Waals surface area contributed by atoms with Gasteiger partial charge in [0.25, 0.3) is 0 Å². The first-order chi connectivity index (χ1) is 34.0. The summed E-state index contributed by atoms with van der Waals surface area (Å²) in [6.45, 7) is 6.51. The highest BCUT2D eigenvalue weighted by molar-refractivity contribution is 5.71. The summed E-state index contributed by atoms with van der Waals surface area (Å²) in [5.74, 6) is -0.900. The smallest absolute Gasteiger partial charge is 0.306 e. The lowest BCUT2D eigenvalue weighted by Crippen LogP contribution is -2.30. The topological polar surface area (TPSA) is 78.9 Å². The Hall–Kier alpha value is -3.15. The molecule has 0 spiro atoms. The fraction of sp³-hybridized carbons (Fsp3) is 0.762. The van der Waals surface area contributed by atoms with Crippen LogP contribution in [0.2, 0.25) is 0 Å². The SMILES string of the molecule is CC/C=C\C/C=C\C/C=C\C/C=C\CCCCCCC(=O)OC[C@H](COC(=O)CCCCCCCCCCCCCCCCC)OC(=O)CCCCCCCCCCC/C=C\C/C=C\CCCCC. The second-order valence-corrected chi connectivity index (χ2v) is 19.5. The van der Waals surface area contributed by atoms with Gasteiger partial charge in [0.15, 0.2) is 6.10 Å². The fourth-order valence-electron chi connectivity index (χ4n) is 8.29. The Kier molecular flexibility index (Phi) is 54.8. The molecule has 0 unspecified atom stereocenters. The number of rotatable bonds is 53. The minimum Gasteiger partial charge on any atom is -0.462 e. The quantitative estimate of drug-likeness (QED) is 0.0262. The van der Waals surface area contributed by atoms with Crippen LogP contribution in [0.3, 0.4) is 0 Å². The molecule has 0 aliphatic rings. The normalized spacial score (nSPS) is 12.6. The molecule has 0 fully saturated rings. The van der Waals surface area contributed by atoms with Crippen molar-refractivity contribution in [1.82, 2.24) is 0 Å². The summed E-state index contributed by atoms with van der Waals surface area (Å²) in [7, 11) is 0. The van der Waals surface area contributed by atoms with E-state index in [1.165, 1.54) is 148 Å². The summed E-state index contributed by atoms with van der Waals surface area (Å²) in [4.78, 5) is 38.2. The lowest BCUT2D eigenvalue weighted by molar-refractivity contribution is -0.167. The second-order valence-electron chi connectivity index (χ2n) is 19.5. The molecule has 6 nitrogen and oxygen atoms in total. The van der Waals surface area contributed by atoms with Crippen LogP contribution in [0.15, 0.2) is 72.9 Å². The molecule has 0 N–H and O–H groups in total. The van der Waals surface area contributed by atoms with E-state index < -0.39 is 6.10 Å². The third-order valence-electron chi connectivity index (χ3n) is 12.7. The Morgan fingerprint density at radius 1 is 0.304 bits per heavy atom. The van der Waals surface area contributed by atoms with Crippen LogP contribution in [0.25, 0.3) is 0 Å². The highest BCUT2D eigenvalue weighted by Gasteiger charge is 2.19. The molecule has 0 saturated carbocycles. The van der Waals surface area contributed by atoms with Crippen LogP contribution in [0.5, 0.6) is 0 Å². The van der Waals surface area contributed by atoms with Crippen molar-refractivity contribution in [2.75, 3.05) is 13.2 Å². The zero-order valence-electron chi connectivity index (χ0n) is 45.6. The van der Waals surface area contributed by atoms with Crippen LogP contribution >= 0.6 is 0 Å². The molecule has 1 atom stereocenters. The first-order valence-electron chi connectivity index (χ1n) is 29.4. The Labute approximate surface area is 427 Å². The van der Waals surface area contributed by atoms with Crippen LogP contribution in [0.1, 0.15) is 290 Å². The zero-order chi connectivity index (χ0) is 50.0. The summed E-state index contributed by atoms with van der Waals surface area (Å²) in [5.41, 5.74) is 0. The van der Waals surface area contributed by atoms with Gasteiger partial charge >= 0.3 is 17.9 Å². The van der Waals surface area contributed by atoms with Gasteiger partial charge in [-0.25, -0.2) is 0 Å². The molecule has 0 rings (SSSR count). The van der Waals surface area contributed by atoms with E-state index >= 15 is 0 Å². The van der Waals surface area contributed by atoms with Gasteiger partial charge in [0.1, 0.15) is 13.2 Å². The molecular weight excluding hydrogens is 853 g/mol. The van der Waals surface area contributed by atoms with Crippen molar-refractivity contribution in [1.29, 1.82) is 0 Å². The van der Waals surface area contributed by atoms with E-state index in [0.717, 1.165) is 103 Å². The molecule has 0 aliphatic carbocycles. The first-order valence-corrected chi connectivity index (χ1v) is 29.4. The summed E-state index contributed by atoms with van der Waals surface area (Å²) in [6.07, 6.45) is 73.2. The molecule has 0 aliphatic heterocycles. The van der Waals surface area contributed by atoms with Crippen LogP contribution in [0.4, 0.5) is 0 Å². The predicted octanol–water partition coefficient (Wildman–Crippen LogP) is 19.8. The molecular formula is C63H110O6. The molecule has 0 amide bonds. The van der Waals surface area contributed by atoms with Gasteiger partial charge in [0.05, 0.1) is 0 Å². The van der Waals surface area contributed by atoms with Crippen molar-refractivity contribution < 1.29 is 28.6 Å².